The van der Waals surface area contributed by atoms with Crippen LogP contribution in [0, 0.1) is 22.9 Å². The highest BCUT2D eigenvalue weighted by Gasteiger charge is 2.14. The van der Waals surface area contributed by atoms with Crippen molar-refractivity contribution in [2.75, 3.05) is 0 Å². The SMILES string of the molecule is Cc1cc(Cn2nnn(-c3ccccc3F)c2=O)ccc1[N+](=O)[O-]. The van der Waals surface area contributed by atoms with Gasteiger partial charge in [0.2, 0.25) is 0 Å². The Hall–Kier alpha value is -3.36. The van der Waals surface area contributed by atoms with Crippen LogP contribution in [0.25, 0.3) is 5.69 Å². The summed E-state index contributed by atoms with van der Waals surface area (Å²) in [5.74, 6) is -0.585. The lowest BCUT2D eigenvalue weighted by Crippen LogP contribution is -2.25. The monoisotopic (exact) mass is 329 g/mol. The molecule has 0 aliphatic heterocycles. The quantitative estimate of drug-likeness (QED) is 0.537. The van der Waals surface area contributed by atoms with Crippen molar-refractivity contribution in [3.05, 3.63) is 80.0 Å². The summed E-state index contributed by atoms with van der Waals surface area (Å²) in [5.41, 5.74) is 0.540. The number of hydrogen-bond donors (Lipinski definition) is 0. The standard InChI is InChI=1S/C15H12FN5O3/c1-10-8-11(6-7-13(10)21(23)24)9-19-15(22)20(18-17-19)14-5-3-2-4-12(14)16/h2-8H,9H2,1H3. The molecule has 0 spiro atoms. The van der Waals surface area contributed by atoms with Crippen molar-refractivity contribution in [3.8, 4) is 5.69 Å². The first-order chi connectivity index (χ1) is 11.5. The number of halogens is 1. The molecular weight excluding hydrogens is 317 g/mol. The highest BCUT2D eigenvalue weighted by Crippen LogP contribution is 2.19. The van der Waals surface area contributed by atoms with Crippen LogP contribution in [-0.4, -0.2) is 24.7 Å². The molecule has 0 radical (unpaired) electrons. The molecule has 0 amide bonds. The minimum atomic E-state index is -0.601. The molecule has 0 unspecified atom stereocenters. The second-order valence-corrected chi connectivity index (χ2v) is 5.16. The Morgan fingerprint density at radius 2 is 1.96 bits per heavy atom. The minimum Gasteiger partial charge on any atom is -0.258 e. The summed E-state index contributed by atoms with van der Waals surface area (Å²) in [5, 5.41) is 18.2. The molecule has 122 valence electrons. The van der Waals surface area contributed by atoms with Crippen molar-refractivity contribution >= 4 is 5.69 Å². The molecule has 24 heavy (non-hydrogen) atoms. The van der Waals surface area contributed by atoms with Crippen molar-refractivity contribution < 1.29 is 9.31 Å². The van der Waals surface area contributed by atoms with Gasteiger partial charge in [-0.3, -0.25) is 10.1 Å². The lowest BCUT2D eigenvalue weighted by Gasteiger charge is -2.02. The molecule has 3 aromatic rings. The van der Waals surface area contributed by atoms with E-state index in [4.69, 9.17) is 0 Å². The number of aromatic nitrogens is 4. The predicted octanol–water partition coefficient (Wildman–Crippen LogP) is 1.83. The molecule has 0 saturated carbocycles. The number of hydrogen-bond acceptors (Lipinski definition) is 5. The van der Waals surface area contributed by atoms with E-state index in [1.54, 1.807) is 25.1 Å². The summed E-state index contributed by atoms with van der Waals surface area (Å²) < 4.78 is 15.7. The van der Waals surface area contributed by atoms with Crippen molar-refractivity contribution in [1.82, 2.24) is 19.8 Å². The molecule has 0 N–H and O–H groups in total. The van der Waals surface area contributed by atoms with Gasteiger partial charge in [-0.15, -0.1) is 0 Å². The van der Waals surface area contributed by atoms with E-state index in [0.29, 0.717) is 11.1 Å². The molecule has 1 aromatic heterocycles. The van der Waals surface area contributed by atoms with Crippen LogP contribution in [0.5, 0.6) is 0 Å². The molecule has 0 aliphatic carbocycles. The summed E-state index contributed by atoms with van der Waals surface area (Å²) in [4.78, 5) is 22.7. The zero-order valence-corrected chi connectivity index (χ0v) is 12.6. The van der Waals surface area contributed by atoms with E-state index in [1.165, 1.54) is 24.3 Å². The minimum absolute atomic E-state index is 0.00103. The summed E-state index contributed by atoms with van der Waals surface area (Å²) in [7, 11) is 0. The van der Waals surface area contributed by atoms with E-state index < -0.39 is 16.4 Å². The number of nitrogens with zero attached hydrogens (tertiary/aromatic N) is 5. The van der Waals surface area contributed by atoms with E-state index in [0.717, 1.165) is 9.36 Å². The van der Waals surface area contributed by atoms with Gasteiger partial charge in [-0.2, -0.15) is 9.36 Å². The third-order valence-electron chi connectivity index (χ3n) is 3.51. The molecular formula is C15H12FN5O3. The van der Waals surface area contributed by atoms with Crippen LogP contribution < -0.4 is 5.69 Å². The lowest BCUT2D eigenvalue weighted by atomic mass is 10.1. The molecule has 8 nitrogen and oxygen atoms in total. The Labute approximate surface area is 134 Å². The molecule has 0 atom stereocenters. The molecule has 3 rings (SSSR count). The van der Waals surface area contributed by atoms with E-state index in [9.17, 15) is 19.3 Å². The van der Waals surface area contributed by atoms with Crippen LogP contribution in [0.3, 0.4) is 0 Å². The average molecular weight is 329 g/mol. The predicted molar refractivity (Wildman–Crippen MR) is 82.5 cm³/mol. The van der Waals surface area contributed by atoms with Gasteiger partial charge in [0, 0.05) is 11.6 Å². The van der Waals surface area contributed by atoms with Gasteiger partial charge in [-0.25, -0.2) is 9.18 Å². The Morgan fingerprint density at radius 3 is 2.62 bits per heavy atom. The first-order valence-electron chi connectivity index (χ1n) is 6.99. The van der Waals surface area contributed by atoms with Crippen LogP contribution in [0.2, 0.25) is 0 Å². The lowest BCUT2D eigenvalue weighted by molar-refractivity contribution is -0.385. The van der Waals surface area contributed by atoms with Crippen molar-refractivity contribution in [1.29, 1.82) is 0 Å². The number of para-hydroxylation sites is 1. The average Bonchev–Trinajstić information content (AvgIpc) is 2.88. The maximum absolute atomic E-state index is 13.8. The van der Waals surface area contributed by atoms with Gasteiger partial charge in [-0.1, -0.05) is 18.2 Å². The van der Waals surface area contributed by atoms with Crippen LogP contribution in [-0.2, 0) is 6.54 Å². The third-order valence-corrected chi connectivity index (χ3v) is 3.51. The van der Waals surface area contributed by atoms with Gasteiger partial charge < -0.3 is 0 Å². The van der Waals surface area contributed by atoms with Gasteiger partial charge in [0.15, 0.2) is 0 Å². The Bertz CT molecular complexity index is 979. The van der Waals surface area contributed by atoms with Crippen LogP contribution in [0.15, 0.2) is 47.3 Å². The smallest absolute Gasteiger partial charge is 0.258 e. The van der Waals surface area contributed by atoms with Crippen LogP contribution in [0.4, 0.5) is 10.1 Å². The van der Waals surface area contributed by atoms with Gasteiger partial charge in [0.25, 0.3) is 5.69 Å². The first kappa shape index (κ1) is 15.5. The number of rotatable bonds is 4. The second-order valence-electron chi connectivity index (χ2n) is 5.16. The number of tetrazole rings is 1. The zero-order chi connectivity index (χ0) is 17.3. The van der Waals surface area contributed by atoms with Gasteiger partial charge in [-0.05, 0) is 41.1 Å². The normalized spacial score (nSPS) is 10.8. The van der Waals surface area contributed by atoms with Crippen molar-refractivity contribution in [2.24, 2.45) is 0 Å². The fraction of sp³-hybridized carbons (Fsp3) is 0.133. The first-order valence-corrected chi connectivity index (χ1v) is 6.99. The van der Waals surface area contributed by atoms with E-state index in [-0.39, 0.29) is 17.9 Å². The molecule has 0 fully saturated rings. The topological polar surface area (TPSA) is 95.8 Å². The summed E-state index contributed by atoms with van der Waals surface area (Å²) in [6.45, 7) is 1.69. The molecule has 1 heterocycles. The maximum atomic E-state index is 13.8. The third kappa shape index (κ3) is 2.78. The summed E-state index contributed by atoms with van der Waals surface area (Å²) in [6.07, 6.45) is 0. The van der Waals surface area contributed by atoms with Gasteiger partial charge in [0.05, 0.1) is 11.5 Å². The van der Waals surface area contributed by atoms with E-state index in [2.05, 4.69) is 10.4 Å². The summed E-state index contributed by atoms with van der Waals surface area (Å²) in [6, 6.07) is 10.3. The fourth-order valence-corrected chi connectivity index (χ4v) is 2.34. The fourth-order valence-electron chi connectivity index (χ4n) is 2.34. The highest BCUT2D eigenvalue weighted by molar-refractivity contribution is 5.41. The number of benzene rings is 2. The molecule has 0 saturated heterocycles. The Morgan fingerprint density at radius 1 is 1.21 bits per heavy atom. The molecule has 0 aliphatic rings. The maximum Gasteiger partial charge on any atom is 0.368 e. The van der Waals surface area contributed by atoms with Gasteiger partial charge >= 0.3 is 5.69 Å². The molecule has 2 aromatic carbocycles. The zero-order valence-electron chi connectivity index (χ0n) is 12.6. The van der Waals surface area contributed by atoms with Crippen molar-refractivity contribution in [2.45, 2.75) is 13.5 Å². The van der Waals surface area contributed by atoms with E-state index >= 15 is 0 Å². The van der Waals surface area contributed by atoms with Crippen molar-refractivity contribution in [3.63, 3.8) is 0 Å². The molecule has 0 bridgehead atoms. The second kappa shape index (κ2) is 6.03. The number of nitro benzene ring substituents is 1. The summed E-state index contributed by atoms with van der Waals surface area (Å²) >= 11 is 0. The number of nitro groups is 1. The Kier molecular flexibility index (Phi) is 3.90. The molecule has 9 heteroatoms. The highest BCUT2D eigenvalue weighted by atomic mass is 19.1. The Balaban J connectivity index is 1.93. The largest absolute Gasteiger partial charge is 0.368 e. The number of aryl methyl sites for hydroxylation is 1. The van der Waals surface area contributed by atoms with Gasteiger partial charge in [0.1, 0.15) is 11.5 Å². The van der Waals surface area contributed by atoms with Crippen LogP contribution >= 0.6 is 0 Å². The van der Waals surface area contributed by atoms with Crippen LogP contribution in [0.1, 0.15) is 11.1 Å². The van der Waals surface area contributed by atoms with E-state index in [1.807, 2.05) is 0 Å².